The fourth-order valence-corrected chi connectivity index (χ4v) is 3.73. The van der Waals surface area contributed by atoms with Gasteiger partial charge in [-0.2, -0.15) is 0 Å². The van der Waals surface area contributed by atoms with Gasteiger partial charge in [0.2, 0.25) is 0 Å². The van der Waals surface area contributed by atoms with Crippen molar-refractivity contribution in [3.05, 3.63) is 57.6 Å². The zero-order chi connectivity index (χ0) is 19.4. The highest BCUT2D eigenvalue weighted by Gasteiger charge is 2.18. The molecular weight excluding hydrogens is 415 g/mol. The summed E-state index contributed by atoms with van der Waals surface area (Å²) in [6, 6.07) is 12.4. The second kappa shape index (κ2) is 10.6. The third-order valence-electron chi connectivity index (χ3n) is 5.10. The molecule has 0 N–H and O–H groups in total. The average molecular weight is 444 g/mol. The maximum Gasteiger partial charge on any atom is 0.123 e. The highest BCUT2D eigenvalue weighted by atomic mass is 35.5. The van der Waals surface area contributed by atoms with Crippen LogP contribution >= 0.6 is 35.6 Å². The Bertz CT molecular complexity index is 774. The van der Waals surface area contributed by atoms with Crippen molar-refractivity contribution in [2.24, 2.45) is 0 Å². The maximum atomic E-state index is 6.15. The van der Waals surface area contributed by atoms with Gasteiger partial charge in [0.05, 0.1) is 10.0 Å². The standard InChI is InChI=1S/C22H28Cl2N2O.ClH/c1-16(2)19-6-4-17(3)14-22(19)27-13-12-25-8-10-26(11-9-25)18-5-7-20(23)21(24)15-18;/h4-7,14-16H,8-13H2,1-3H3;1H. The smallest absolute Gasteiger partial charge is 0.123 e. The summed E-state index contributed by atoms with van der Waals surface area (Å²) in [6.45, 7) is 12.2. The van der Waals surface area contributed by atoms with E-state index < -0.39 is 0 Å². The summed E-state index contributed by atoms with van der Waals surface area (Å²) in [6.07, 6.45) is 0. The molecule has 1 saturated heterocycles. The molecule has 6 heteroatoms. The molecule has 3 rings (SSSR count). The van der Waals surface area contributed by atoms with Gasteiger partial charge in [-0.1, -0.05) is 49.2 Å². The molecule has 0 bridgehead atoms. The fraction of sp³-hybridized carbons (Fsp3) is 0.455. The van der Waals surface area contributed by atoms with Crippen molar-refractivity contribution in [3.63, 3.8) is 0 Å². The Labute approximate surface area is 185 Å². The third-order valence-corrected chi connectivity index (χ3v) is 5.84. The van der Waals surface area contributed by atoms with Crippen molar-refractivity contribution < 1.29 is 4.74 Å². The minimum atomic E-state index is 0. The minimum Gasteiger partial charge on any atom is -0.492 e. The number of anilines is 1. The normalized spacial score (nSPS) is 14.9. The predicted molar refractivity (Wildman–Crippen MR) is 123 cm³/mol. The first-order valence-electron chi connectivity index (χ1n) is 9.59. The van der Waals surface area contributed by atoms with Crippen molar-refractivity contribution in [2.45, 2.75) is 26.7 Å². The van der Waals surface area contributed by atoms with Gasteiger partial charge in [0.1, 0.15) is 12.4 Å². The first kappa shape index (κ1) is 23.2. The van der Waals surface area contributed by atoms with Gasteiger partial charge in [-0.05, 0) is 48.2 Å². The molecule has 0 saturated carbocycles. The quantitative estimate of drug-likeness (QED) is 0.540. The molecule has 0 aliphatic carbocycles. The second-order valence-corrected chi connectivity index (χ2v) is 8.29. The summed E-state index contributed by atoms with van der Waals surface area (Å²) >= 11 is 12.2. The lowest BCUT2D eigenvalue weighted by Gasteiger charge is -2.36. The van der Waals surface area contributed by atoms with Crippen molar-refractivity contribution in [1.82, 2.24) is 4.90 Å². The Morgan fingerprint density at radius 2 is 1.68 bits per heavy atom. The van der Waals surface area contributed by atoms with Gasteiger partial charge in [0.15, 0.2) is 0 Å². The molecule has 1 heterocycles. The zero-order valence-electron chi connectivity index (χ0n) is 16.8. The number of ether oxygens (including phenoxy) is 1. The summed E-state index contributed by atoms with van der Waals surface area (Å²) in [5, 5.41) is 1.22. The van der Waals surface area contributed by atoms with Gasteiger partial charge in [0, 0.05) is 38.4 Å². The van der Waals surface area contributed by atoms with Crippen molar-refractivity contribution >= 4 is 41.3 Å². The molecule has 2 aromatic carbocycles. The van der Waals surface area contributed by atoms with E-state index in [1.165, 1.54) is 11.1 Å². The van der Waals surface area contributed by atoms with Crippen LogP contribution in [0.4, 0.5) is 5.69 Å². The Balaban J connectivity index is 0.00000280. The predicted octanol–water partition coefficient (Wildman–Crippen LogP) is 6.05. The maximum absolute atomic E-state index is 6.15. The molecular formula is C22H29Cl3N2O. The summed E-state index contributed by atoms with van der Waals surface area (Å²) in [5.74, 6) is 1.50. The summed E-state index contributed by atoms with van der Waals surface area (Å²) in [4.78, 5) is 4.82. The van der Waals surface area contributed by atoms with Crippen LogP contribution in [0.1, 0.15) is 30.9 Å². The number of piperazine rings is 1. The summed E-state index contributed by atoms with van der Waals surface area (Å²) in [7, 11) is 0. The minimum absolute atomic E-state index is 0. The van der Waals surface area contributed by atoms with E-state index in [9.17, 15) is 0 Å². The number of rotatable bonds is 6. The monoisotopic (exact) mass is 442 g/mol. The van der Waals surface area contributed by atoms with Crippen molar-refractivity contribution in [1.29, 1.82) is 0 Å². The largest absolute Gasteiger partial charge is 0.492 e. The van der Waals surface area contributed by atoms with Crippen LogP contribution in [0, 0.1) is 6.92 Å². The average Bonchev–Trinajstić information content (AvgIpc) is 2.64. The van der Waals surface area contributed by atoms with E-state index in [1.54, 1.807) is 0 Å². The Kier molecular flexibility index (Phi) is 8.76. The fourth-order valence-electron chi connectivity index (χ4n) is 3.44. The first-order chi connectivity index (χ1) is 12.9. The Morgan fingerprint density at radius 3 is 2.32 bits per heavy atom. The lowest BCUT2D eigenvalue weighted by Crippen LogP contribution is -2.47. The molecule has 1 aliphatic rings. The molecule has 0 radical (unpaired) electrons. The number of nitrogens with zero attached hydrogens (tertiary/aromatic N) is 2. The molecule has 2 aromatic rings. The first-order valence-corrected chi connectivity index (χ1v) is 10.4. The van der Waals surface area contributed by atoms with Crippen LogP contribution < -0.4 is 9.64 Å². The van der Waals surface area contributed by atoms with E-state index in [4.69, 9.17) is 27.9 Å². The number of hydrogen-bond donors (Lipinski definition) is 0. The zero-order valence-corrected chi connectivity index (χ0v) is 19.1. The molecule has 0 unspecified atom stereocenters. The molecule has 0 amide bonds. The molecule has 1 aliphatic heterocycles. The second-order valence-electron chi connectivity index (χ2n) is 7.47. The van der Waals surface area contributed by atoms with Crippen LogP contribution in [0.25, 0.3) is 0 Å². The van der Waals surface area contributed by atoms with Crippen molar-refractivity contribution in [3.8, 4) is 5.75 Å². The highest BCUT2D eigenvalue weighted by Crippen LogP contribution is 2.29. The molecule has 0 aromatic heterocycles. The van der Waals surface area contributed by atoms with Gasteiger partial charge in [-0.15, -0.1) is 12.4 Å². The number of benzene rings is 2. The SMILES string of the molecule is Cc1ccc(C(C)C)c(OCCN2CCN(c3ccc(Cl)c(Cl)c3)CC2)c1.Cl. The van der Waals surface area contributed by atoms with E-state index in [2.05, 4.69) is 48.8 Å². The van der Waals surface area contributed by atoms with Crippen LogP contribution in [0.3, 0.4) is 0 Å². The lowest BCUT2D eigenvalue weighted by molar-refractivity contribution is 0.199. The van der Waals surface area contributed by atoms with Crippen LogP contribution in [0.2, 0.25) is 10.0 Å². The summed E-state index contributed by atoms with van der Waals surface area (Å²) in [5.41, 5.74) is 3.66. The van der Waals surface area contributed by atoms with Crippen LogP contribution in [-0.2, 0) is 0 Å². The van der Waals surface area contributed by atoms with E-state index in [0.717, 1.165) is 50.8 Å². The lowest BCUT2D eigenvalue weighted by atomic mass is 10.0. The van der Waals surface area contributed by atoms with Crippen molar-refractivity contribution in [2.75, 3.05) is 44.2 Å². The third kappa shape index (κ3) is 5.93. The summed E-state index contributed by atoms with van der Waals surface area (Å²) < 4.78 is 6.14. The van der Waals surface area contributed by atoms with Gasteiger partial charge in [-0.25, -0.2) is 0 Å². The van der Waals surface area contributed by atoms with Gasteiger partial charge in [0.25, 0.3) is 0 Å². The Hall–Kier alpha value is -1.13. The van der Waals surface area contributed by atoms with Crippen LogP contribution in [-0.4, -0.2) is 44.2 Å². The van der Waals surface area contributed by atoms with Gasteiger partial charge >= 0.3 is 0 Å². The molecule has 0 atom stereocenters. The molecule has 154 valence electrons. The molecule has 1 fully saturated rings. The number of halogens is 3. The van der Waals surface area contributed by atoms with E-state index in [0.29, 0.717) is 16.0 Å². The molecule has 0 spiro atoms. The van der Waals surface area contributed by atoms with E-state index in [-0.39, 0.29) is 12.4 Å². The Morgan fingerprint density at radius 1 is 0.964 bits per heavy atom. The van der Waals surface area contributed by atoms with E-state index >= 15 is 0 Å². The molecule has 3 nitrogen and oxygen atoms in total. The van der Waals surface area contributed by atoms with Gasteiger partial charge in [-0.3, -0.25) is 4.90 Å². The highest BCUT2D eigenvalue weighted by molar-refractivity contribution is 6.42. The number of hydrogen-bond acceptors (Lipinski definition) is 3. The van der Waals surface area contributed by atoms with Crippen LogP contribution in [0.15, 0.2) is 36.4 Å². The number of aryl methyl sites for hydroxylation is 1. The van der Waals surface area contributed by atoms with E-state index in [1.807, 2.05) is 18.2 Å². The topological polar surface area (TPSA) is 15.7 Å². The molecule has 28 heavy (non-hydrogen) atoms. The van der Waals surface area contributed by atoms with Crippen LogP contribution in [0.5, 0.6) is 5.75 Å². The van der Waals surface area contributed by atoms with Gasteiger partial charge < -0.3 is 9.64 Å².